The summed E-state index contributed by atoms with van der Waals surface area (Å²) in [6.07, 6.45) is 0.658. The molecule has 0 saturated carbocycles. The average molecular weight is 279 g/mol. The van der Waals surface area contributed by atoms with Crippen LogP contribution in [0.3, 0.4) is 0 Å². The molecule has 20 heavy (non-hydrogen) atoms. The van der Waals surface area contributed by atoms with Crippen molar-refractivity contribution in [1.82, 2.24) is 4.90 Å². The molecule has 0 bridgehead atoms. The highest BCUT2D eigenvalue weighted by molar-refractivity contribution is 5.24. The first-order valence-electron chi connectivity index (χ1n) is 7.55. The van der Waals surface area contributed by atoms with Crippen LogP contribution in [0.5, 0.6) is 0 Å². The number of ether oxygens (including phenoxy) is 1. The third-order valence-corrected chi connectivity index (χ3v) is 3.50. The Labute approximate surface area is 123 Å². The number of aliphatic hydroxyl groups excluding tert-OH is 1. The van der Waals surface area contributed by atoms with E-state index in [9.17, 15) is 5.11 Å². The number of nitrogens with zero attached hydrogens (tertiary/aromatic N) is 1. The molecule has 1 aromatic carbocycles. The number of rotatable bonds is 9. The van der Waals surface area contributed by atoms with Crippen LogP contribution in [-0.4, -0.2) is 43.4 Å². The lowest BCUT2D eigenvalue weighted by Crippen LogP contribution is -2.31. The summed E-state index contributed by atoms with van der Waals surface area (Å²) in [5.41, 5.74) is 2.33. The van der Waals surface area contributed by atoms with Crippen LogP contribution in [0, 0.1) is 5.92 Å². The van der Waals surface area contributed by atoms with Crippen molar-refractivity contribution >= 4 is 0 Å². The van der Waals surface area contributed by atoms with E-state index in [0.29, 0.717) is 19.1 Å². The zero-order valence-corrected chi connectivity index (χ0v) is 13.3. The topological polar surface area (TPSA) is 32.7 Å². The van der Waals surface area contributed by atoms with Gasteiger partial charge >= 0.3 is 0 Å². The molecule has 1 aromatic rings. The highest BCUT2D eigenvalue weighted by Crippen LogP contribution is 2.17. The fourth-order valence-electron chi connectivity index (χ4n) is 2.30. The van der Waals surface area contributed by atoms with Gasteiger partial charge in [0.05, 0.1) is 12.7 Å². The van der Waals surface area contributed by atoms with Crippen LogP contribution >= 0.6 is 0 Å². The third-order valence-electron chi connectivity index (χ3n) is 3.50. The predicted octanol–water partition coefficient (Wildman–Crippen LogP) is 2.89. The molecule has 0 saturated heterocycles. The van der Waals surface area contributed by atoms with Gasteiger partial charge in [0.2, 0.25) is 0 Å². The second-order valence-electron chi connectivity index (χ2n) is 5.74. The highest BCUT2D eigenvalue weighted by Gasteiger charge is 2.12. The molecule has 0 fully saturated rings. The van der Waals surface area contributed by atoms with Crippen molar-refractivity contribution in [2.45, 2.75) is 33.3 Å². The minimum absolute atomic E-state index is 0.431. The van der Waals surface area contributed by atoms with Gasteiger partial charge in [-0.15, -0.1) is 0 Å². The lowest BCUT2D eigenvalue weighted by Gasteiger charge is -2.23. The molecule has 0 amide bonds. The molecular weight excluding hydrogens is 250 g/mol. The van der Waals surface area contributed by atoms with Crippen LogP contribution in [0.2, 0.25) is 0 Å². The number of hydrogen-bond acceptors (Lipinski definition) is 3. The molecule has 3 nitrogen and oxygen atoms in total. The van der Waals surface area contributed by atoms with Gasteiger partial charge in [-0.2, -0.15) is 0 Å². The zero-order valence-electron chi connectivity index (χ0n) is 13.3. The van der Waals surface area contributed by atoms with E-state index < -0.39 is 6.10 Å². The smallest absolute Gasteiger partial charge is 0.0916 e. The monoisotopic (exact) mass is 279 g/mol. The van der Waals surface area contributed by atoms with Crippen molar-refractivity contribution in [3.63, 3.8) is 0 Å². The largest absolute Gasteiger partial charge is 0.387 e. The normalized spacial score (nSPS) is 13.2. The Bertz CT molecular complexity index is 362. The molecule has 3 heteroatoms. The summed E-state index contributed by atoms with van der Waals surface area (Å²) < 4.78 is 5.09. The maximum atomic E-state index is 10.3. The fourth-order valence-corrected chi connectivity index (χ4v) is 2.30. The van der Waals surface area contributed by atoms with Crippen molar-refractivity contribution in [3.8, 4) is 0 Å². The van der Waals surface area contributed by atoms with Crippen molar-refractivity contribution in [3.05, 3.63) is 35.4 Å². The van der Waals surface area contributed by atoms with E-state index in [0.717, 1.165) is 25.1 Å². The van der Waals surface area contributed by atoms with E-state index >= 15 is 0 Å². The Kier molecular flexibility index (Phi) is 7.82. The van der Waals surface area contributed by atoms with Gasteiger partial charge < -0.3 is 9.84 Å². The van der Waals surface area contributed by atoms with Gasteiger partial charge in [0.1, 0.15) is 0 Å². The molecule has 0 aromatic heterocycles. The minimum Gasteiger partial charge on any atom is -0.387 e. The van der Waals surface area contributed by atoms with Gasteiger partial charge in [-0.05, 0) is 30.0 Å². The molecule has 0 radical (unpaired) electrons. The Morgan fingerprint density at radius 2 is 1.85 bits per heavy atom. The summed E-state index contributed by atoms with van der Waals surface area (Å²) in [5, 5.41) is 10.3. The summed E-state index contributed by atoms with van der Waals surface area (Å²) in [7, 11) is 1.71. The average Bonchev–Trinajstić information content (AvgIpc) is 2.43. The third kappa shape index (κ3) is 6.04. The molecule has 0 spiro atoms. The Hall–Kier alpha value is -0.900. The molecule has 114 valence electrons. The maximum Gasteiger partial charge on any atom is 0.0916 e. The highest BCUT2D eigenvalue weighted by atomic mass is 16.5. The van der Waals surface area contributed by atoms with Gasteiger partial charge in [-0.25, -0.2) is 0 Å². The zero-order chi connectivity index (χ0) is 15.0. The van der Waals surface area contributed by atoms with E-state index in [-0.39, 0.29) is 0 Å². The van der Waals surface area contributed by atoms with Crippen LogP contribution in [0.4, 0.5) is 0 Å². The van der Waals surface area contributed by atoms with Gasteiger partial charge in [0, 0.05) is 20.2 Å². The Morgan fingerprint density at radius 1 is 1.20 bits per heavy atom. The lowest BCUT2D eigenvalue weighted by molar-refractivity contribution is 0.0920. The summed E-state index contributed by atoms with van der Waals surface area (Å²) in [4.78, 5) is 2.20. The molecule has 1 unspecified atom stereocenters. The second-order valence-corrected chi connectivity index (χ2v) is 5.74. The summed E-state index contributed by atoms with van der Waals surface area (Å²) >= 11 is 0. The van der Waals surface area contributed by atoms with E-state index in [2.05, 4.69) is 37.8 Å². The number of aliphatic hydroxyl groups is 1. The quantitative estimate of drug-likeness (QED) is 0.754. The first-order valence-corrected chi connectivity index (χ1v) is 7.55. The Balaban J connectivity index is 2.55. The van der Waals surface area contributed by atoms with Crippen LogP contribution in [-0.2, 0) is 11.2 Å². The minimum atomic E-state index is -0.431. The molecular formula is C17H29NO2. The van der Waals surface area contributed by atoms with Gasteiger partial charge in [0.25, 0.3) is 0 Å². The van der Waals surface area contributed by atoms with Crippen molar-refractivity contribution in [1.29, 1.82) is 0 Å². The van der Waals surface area contributed by atoms with Crippen LogP contribution in [0.15, 0.2) is 24.3 Å². The molecule has 0 aliphatic rings. The predicted molar refractivity (Wildman–Crippen MR) is 83.9 cm³/mol. The standard InChI is InChI=1S/C17H29NO2/c1-5-18(10-11-20-4)13-17(19)16-8-6-15(7-9-16)12-14(2)3/h6-9,14,17,19H,5,10-13H2,1-4H3. The summed E-state index contributed by atoms with van der Waals surface area (Å²) in [6, 6.07) is 8.35. The molecule has 0 heterocycles. The van der Waals surface area contributed by atoms with Crippen LogP contribution in [0.25, 0.3) is 0 Å². The van der Waals surface area contributed by atoms with Crippen LogP contribution < -0.4 is 0 Å². The first-order chi connectivity index (χ1) is 9.56. The lowest BCUT2D eigenvalue weighted by atomic mass is 10.00. The van der Waals surface area contributed by atoms with Gasteiger partial charge in [0.15, 0.2) is 0 Å². The summed E-state index contributed by atoms with van der Waals surface area (Å²) in [6.45, 7) is 9.68. The van der Waals surface area contributed by atoms with Crippen molar-refractivity contribution < 1.29 is 9.84 Å². The maximum absolute atomic E-state index is 10.3. The number of benzene rings is 1. The van der Waals surface area contributed by atoms with Crippen LogP contribution in [0.1, 0.15) is 38.0 Å². The molecule has 1 atom stereocenters. The van der Waals surface area contributed by atoms with E-state index in [1.54, 1.807) is 7.11 Å². The molecule has 1 rings (SSSR count). The Morgan fingerprint density at radius 3 is 2.35 bits per heavy atom. The van der Waals surface area contributed by atoms with Gasteiger partial charge in [-0.3, -0.25) is 4.90 Å². The van der Waals surface area contributed by atoms with Crippen molar-refractivity contribution in [2.75, 3.05) is 33.4 Å². The van der Waals surface area contributed by atoms with E-state index in [1.165, 1.54) is 5.56 Å². The second kappa shape index (κ2) is 9.11. The summed E-state index contributed by atoms with van der Waals surface area (Å²) in [5.74, 6) is 0.662. The number of hydrogen-bond donors (Lipinski definition) is 1. The van der Waals surface area contributed by atoms with Crippen molar-refractivity contribution in [2.24, 2.45) is 5.92 Å². The molecule has 1 N–H and O–H groups in total. The number of likely N-dealkylation sites (N-methyl/N-ethyl adjacent to an activating group) is 1. The fraction of sp³-hybridized carbons (Fsp3) is 0.647. The van der Waals surface area contributed by atoms with E-state index in [4.69, 9.17) is 4.74 Å². The molecule has 0 aliphatic heterocycles. The van der Waals surface area contributed by atoms with Gasteiger partial charge in [-0.1, -0.05) is 45.0 Å². The molecule has 0 aliphatic carbocycles. The number of methoxy groups -OCH3 is 1. The van der Waals surface area contributed by atoms with E-state index in [1.807, 2.05) is 12.1 Å². The SMILES string of the molecule is CCN(CCOC)CC(O)c1ccc(CC(C)C)cc1. The first kappa shape index (κ1) is 17.2.